The summed E-state index contributed by atoms with van der Waals surface area (Å²) in [5.41, 5.74) is 1.42. The lowest BCUT2D eigenvalue weighted by atomic mass is 9.93. The molecule has 2 aromatic rings. The minimum Gasteiger partial charge on any atom is -0.387 e. The number of rotatable bonds is 15. The Hall–Kier alpha value is -2.54. The van der Waals surface area contributed by atoms with Crippen LogP contribution in [-0.2, 0) is 32.3 Å². The Balaban J connectivity index is 2.19. The van der Waals surface area contributed by atoms with E-state index in [9.17, 15) is 40.2 Å². The first-order valence-electron chi connectivity index (χ1n) is 10.6. The van der Waals surface area contributed by atoms with Gasteiger partial charge in [0, 0.05) is 0 Å². The van der Waals surface area contributed by atoms with E-state index in [1.54, 1.807) is 60.7 Å². The Bertz CT molecular complexity index is 849. The predicted molar refractivity (Wildman–Crippen MR) is 118 cm³/mol. The lowest BCUT2D eigenvalue weighted by Crippen LogP contribution is -2.57. The number of hydrogen-bond acceptors (Lipinski definition) is 10. The number of aldehydes is 2. The molecular weight excluding hydrogens is 448 g/mol. The molecule has 0 fully saturated rings. The number of carbonyl (C=O) groups is 2. The van der Waals surface area contributed by atoms with Gasteiger partial charge in [0.15, 0.2) is 12.6 Å². The minimum absolute atomic E-state index is 0.0202. The Labute approximate surface area is 196 Å². The van der Waals surface area contributed by atoms with Crippen LogP contribution in [0.15, 0.2) is 60.7 Å². The van der Waals surface area contributed by atoms with Gasteiger partial charge in [-0.2, -0.15) is 0 Å². The summed E-state index contributed by atoms with van der Waals surface area (Å²) in [6, 6.07) is 17.6. The van der Waals surface area contributed by atoms with Crippen molar-refractivity contribution in [3.05, 3.63) is 71.8 Å². The highest BCUT2D eigenvalue weighted by Gasteiger charge is 2.42. The molecule has 2 rings (SSSR count). The van der Waals surface area contributed by atoms with E-state index in [2.05, 4.69) is 0 Å². The molecule has 186 valence electrons. The van der Waals surface area contributed by atoms with Gasteiger partial charge in [0.05, 0.1) is 13.2 Å². The van der Waals surface area contributed by atoms with Crippen molar-refractivity contribution in [3.8, 4) is 0 Å². The largest absolute Gasteiger partial charge is 0.387 e. The van der Waals surface area contributed by atoms with Crippen LogP contribution >= 0.6 is 0 Å². The Morgan fingerprint density at radius 3 is 1.50 bits per heavy atom. The molecule has 0 saturated carbocycles. The SMILES string of the molecule is O=C[C@@H](O)[C@@H](O)[C@H](O)[C@H](O)[C@@H](O)[C@@H](O)[C@H](OCc1ccccc1)[C@H](C=O)OCc1ccccc1. The van der Waals surface area contributed by atoms with Gasteiger partial charge in [0.25, 0.3) is 0 Å². The molecule has 0 bridgehead atoms. The van der Waals surface area contributed by atoms with E-state index in [4.69, 9.17) is 9.47 Å². The summed E-state index contributed by atoms with van der Waals surface area (Å²) in [7, 11) is 0. The maximum atomic E-state index is 11.8. The van der Waals surface area contributed by atoms with Crippen LogP contribution in [0.25, 0.3) is 0 Å². The molecule has 6 N–H and O–H groups in total. The fourth-order valence-corrected chi connectivity index (χ4v) is 3.22. The first kappa shape index (κ1) is 27.7. The third-order valence-electron chi connectivity index (χ3n) is 5.25. The highest BCUT2D eigenvalue weighted by Crippen LogP contribution is 2.19. The van der Waals surface area contributed by atoms with Crippen LogP contribution < -0.4 is 0 Å². The number of aliphatic hydroxyl groups excluding tert-OH is 6. The average Bonchev–Trinajstić information content (AvgIpc) is 2.89. The van der Waals surface area contributed by atoms with Crippen LogP contribution in [-0.4, -0.2) is 92.0 Å². The maximum absolute atomic E-state index is 11.8. The number of hydrogen-bond donors (Lipinski definition) is 6. The Morgan fingerprint density at radius 1 is 0.588 bits per heavy atom. The van der Waals surface area contributed by atoms with Crippen LogP contribution in [0, 0.1) is 0 Å². The van der Waals surface area contributed by atoms with E-state index in [0.717, 1.165) is 5.56 Å². The number of aliphatic hydroxyl groups is 6. The van der Waals surface area contributed by atoms with Gasteiger partial charge in [-0.15, -0.1) is 0 Å². The summed E-state index contributed by atoms with van der Waals surface area (Å²) in [5, 5.41) is 60.6. The Morgan fingerprint density at radius 2 is 1.03 bits per heavy atom. The quantitative estimate of drug-likeness (QED) is 0.169. The highest BCUT2D eigenvalue weighted by molar-refractivity contribution is 5.57. The van der Waals surface area contributed by atoms with Gasteiger partial charge >= 0.3 is 0 Å². The van der Waals surface area contributed by atoms with Crippen LogP contribution in [0.4, 0.5) is 0 Å². The van der Waals surface area contributed by atoms with Crippen molar-refractivity contribution >= 4 is 12.6 Å². The van der Waals surface area contributed by atoms with Crippen LogP contribution in [0.5, 0.6) is 0 Å². The lowest BCUT2D eigenvalue weighted by molar-refractivity contribution is -0.193. The smallest absolute Gasteiger partial charge is 0.151 e. The number of carbonyl (C=O) groups excluding carboxylic acids is 2. The van der Waals surface area contributed by atoms with Gasteiger partial charge in [-0.05, 0) is 11.1 Å². The molecule has 0 spiro atoms. The van der Waals surface area contributed by atoms with Crippen molar-refractivity contribution in [2.45, 2.75) is 62.0 Å². The summed E-state index contributed by atoms with van der Waals surface area (Å²) < 4.78 is 11.3. The van der Waals surface area contributed by atoms with Gasteiger partial charge in [-0.3, -0.25) is 0 Å². The summed E-state index contributed by atoms with van der Waals surface area (Å²) in [4.78, 5) is 22.5. The van der Waals surface area contributed by atoms with E-state index in [-0.39, 0.29) is 19.5 Å². The van der Waals surface area contributed by atoms with Gasteiger partial charge < -0.3 is 49.7 Å². The van der Waals surface area contributed by atoms with Crippen LogP contribution in [0.2, 0.25) is 0 Å². The number of benzene rings is 2. The van der Waals surface area contributed by atoms with Crippen LogP contribution in [0.1, 0.15) is 11.1 Å². The second kappa shape index (κ2) is 14.0. The molecule has 0 aliphatic carbocycles. The van der Waals surface area contributed by atoms with Crippen molar-refractivity contribution in [1.82, 2.24) is 0 Å². The normalized spacial score (nSPS) is 18.6. The number of ether oxygens (including phenoxy) is 2. The molecule has 0 aliphatic heterocycles. The fourth-order valence-electron chi connectivity index (χ4n) is 3.22. The van der Waals surface area contributed by atoms with Gasteiger partial charge in [-0.25, -0.2) is 0 Å². The summed E-state index contributed by atoms with van der Waals surface area (Å²) in [6.07, 6.45) is -15.2. The first-order valence-corrected chi connectivity index (χ1v) is 10.6. The van der Waals surface area contributed by atoms with Crippen molar-refractivity contribution in [1.29, 1.82) is 0 Å². The molecule has 8 atom stereocenters. The van der Waals surface area contributed by atoms with Crippen molar-refractivity contribution in [2.75, 3.05) is 0 Å². The van der Waals surface area contributed by atoms with Crippen molar-refractivity contribution in [2.24, 2.45) is 0 Å². The molecule has 10 heteroatoms. The minimum atomic E-state index is -2.20. The molecule has 0 aromatic heterocycles. The first-order chi connectivity index (χ1) is 16.3. The fraction of sp³-hybridized carbons (Fsp3) is 0.417. The average molecular weight is 478 g/mol. The zero-order valence-corrected chi connectivity index (χ0v) is 18.3. The molecule has 0 saturated heterocycles. The van der Waals surface area contributed by atoms with E-state index in [1.807, 2.05) is 0 Å². The van der Waals surface area contributed by atoms with E-state index < -0.39 is 48.8 Å². The third kappa shape index (κ3) is 7.76. The summed E-state index contributed by atoms with van der Waals surface area (Å²) in [6.45, 7) is -0.104. The standard InChI is InChI=1S/C24H30O10/c25-11-17(27)19(28)20(29)21(30)22(31)23(32)24(34-14-16-9-5-2-6-10-16)18(12-26)33-13-15-7-3-1-4-8-15/h1-12,17-24,27-32H,13-14H2/t17-,18+,19-,20+,21+,22-,23-,24-/m1/s1. The second-order valence-electron chi connectivity index (χ2n) is 7.74. The topological polar surface area (TPSA) is 174 Å². The maximum Gasteiger partial charge on any atom is 0.151 e. The zero-order valence-electron chi connectivity index (χ0n) is 18.3. The third-order valence-corrected chi connectivity index (χ3v) is 5.25. The molecule has 0 unspecified atom stereocenters. The van der Waals surface area contributed by atoms with Gasteiger partial charge in [0.1, 0.15) is 48.8 Å². The molecule has 10 nitrogen and oxygen atoms in total. The molecule has 0 radical (unpaired) electrons. The molecular formula is C24H30O10. The van der Waals surface area contributed by atoms with E-state index in [0.29, 0.717) is 11.8 Å². The predicted octanol–water partition coefficient (Wildman–Crippen LogP) is -1.28. The summed E-state index contributed by atoms with van der Waals surface area (Å²) >= 11 is 0. The van der Waals surface area contributed by atoms with E-state index >= 15 is 0 Å². The lowest BCUT2D eigenvalue weighted by Gasteiger charge is -2.34. The molecule has 0 amide bonds. The molecule has 2 aromatic carbocycles. The van der Waals surface area contributed by atoms with Crippen LogP contribution in [0.3, 0.4) is 0 Å². The van der Waals surface area contributed by atoms with Crippen molar-refractivity contribution < 1.29 is 49.7 Å². The van der Waals surface area contributed by atoms with Gasteiger partial charge in [-0.1, -0.05) is 60.7 Å². The monoisotopic (exact) mass is 478 g/mol. The molecule has 0 aliphatic rings. The van der Waals surface area contributed by atoms with Gasteiger partial charge in [0.2, 0.25) is 0 Å². The zero-order chi connectivity index (χ0) is 25.1. The highest BCUT2D eigenvalue weighted by atomic mass is 16.6. The van der Waals surface area contributed by atoms with Crippen molar-refractivity contribution in [3.63, 3.8) is 0 Å². The van der Waals surface area contributed by atoms with E-state index in [1.165, 1.54) is 0 Å². The second-order valence-corrected chi connectivity index (χ2v) is 7.74. The Kier molecular flexibility index (Phi) is 11.4. The molecule has 34 heavy (non-hydrogen) atoms. The summed E-state index contributed by atoms with van der Waals surface area (Å²) in [5.74, 6) is 0. The molecule has 0 heterocycles.